The maximum absolute atomic E-state index is 4.19. The van der Waals surface area contributed by atoms with Gasteiger partial charge in [0.05, 0.1) is 6.20 Å². The predicted octanol–water partition coefficient (Wildman–Crippen LogP) is 1.27. The maximum Gasteiger partial charge on any atom is 0.225 e. The van der Waals surface area contributed by atoms with Crippen molar-refractivity contribution >= 4 is 5.95 Å². The van der Waals surface area contributed by atoms with Gasteiger partial charge in [0.25, 0.3) is 0 Å². The molecule has 0 N–H and O–H groups in total. The minimum absolute atomic E-state index is 0.831. The molecule has 0 spiro atoms. The molecule has 0 amide bonds. The van der Waals surface area contributed by atoms with E-state index in [-0.39, 0.29) is 0 Å². The van der Waals surface area contributed by atoms with E-state index in [0.29, 0.717) is 0 Å². The van der Waals surface area contributed by atoms with E-state index in [4.69, 9.17) is 0 Å². The molecule has 1 saturated heterocycles. The smallest absolute Gasteiger partial charge is 0.225 e. The van der Waals surface area contributed by atoms with E-state index in [2.05, 4.69) is 21.1 Å². The van der Waals surface area contributed by atoms with Crippen molar-refractivity contribution in [2.24, 2.45) is 0 Å². The molecule has 0 unspecified atom stereocenters. The highest BCUT2D eigenvalue weighted by Gasteiger charge is 2.11. The van der Waals surface area contributed by atoms with E-state index in [1.54, 1.807) is 12.3 Å². The van der Waals surface area contributed by atoms with Gasteiger partial charge in [-0.25, -0.2) is 9.97 Å². The van der Waals surface area contributed by atoms with E-state index < -0.39 is 0 Å². The van der Waals surface area contributed by atoms with Crippen LogP contribution in [0.1, 0.15) is 19.3 Å². The number of piperidine rings is 1. The molecule has 1 aromatic heterocycles. The van der Waals surface area contributed by atoms with Crippen LogP contribution in [0, 0.1) is 6.20 Å². The number of aromatic nitrogens is 2. The topological polar surface area (TPSA) is 29.0 Å². The number of hydrogen-bond donors (Lipinski definition) is 0. The monoisotopic (exact) mass is 162 g/mol. The van der Waals surface area contributed by atoms with Gasteiger partial charge in [-0.2, -0.15) is 0 Å². The van der Waals surface area contributed by atoms with E-state index in [1.807, 2.05) is 0 Å². The Morgan fingerprint density at radius 3 is 2.75 bits per heavy atom. The molecular formula is C9H12N3. The van der Waals surface area contributed by atoms with Crippen LogP contribution in [0.4, 0.5) is 5.95 Å². The molecule has 1 aromatic rings. The van der Waals surface area contributed by atoms with Gasteiger partial charge in [-0.05, 0) is 25.3 Å². The van der Waals surface area contributed by atoms with Crippen molar-refractivity contribution in [2.75, 3.05) is 18.0 Å². The Balaban J connectivity index is 2.08. The fourth-order valence-corrected chi connectivity index (χ4v) is 1.51. The predicted molar refractivity (Wildman–Crippen MR) is 46.9 cm³/mol. The zero-order valence-corrected chi connectivity index (χ0v) is 7.03. The Hall–Kier alpha value is -1.12. The van der Waals surface area contributed by atoms with Gasteiger partial charge in [-0.1, -0.05) is 0 Å². The Labute approximate surface area is 72.4 Å². The highest BCUT2D eigenvalue weighted by Crippen LogP contribution is 2.13. The molecule has 3 heteroatoms. The lowest BCUT2D eigenvalue weighted by Gasteiger charge is -2.26. The lowest BCUT2D eigenvalue weighted by Crippen LogP contribution is -2.30. The molecule has 1 radical (unpaired) electrons. The summed E-state index contributed by atoms with van der Waals surface area (Å²) in [5.74, 6) is 0.831. The van der Waals surface area contributed by atoms with Crippen LogP contribution in [0.3, 0.4) is 0 Å². The van der Waals surface area contributed by atoms with Gasteiger partial charge in [0.15, 0.2) is 0 Å². The summed E-state index contributed by atoms with van der Waals surface area (Å²) in [5.41, 5.74) is 0. The molecule has 12 heavy (non-hydrogen) atoms. The molecule has 2 heterocycles. The summed E-state index contributed by atoms with van der Waals surface area (Å²) in [6, 6.07) is 1.73. The molecule has 3 nitrogen and oxygen atoms in total. The quantitative estimate of drug-likeness (QED) is 0.622. The van der Waals surface area contributed by atoms with Crippen LogP contribution in [-0.4, -0.2) is 23.1 Å². The average molecular weight is 162 g/mol. The second-order valence-corrected chi connectivity index (χ2v) is 3.03. The Bertz CT molecular complexity index is 229. The normalized spacial score (nSPS) is 17.8. The first-order valence-corrected chi connectivity index (χ1v) is 4.41. The highest BCUT2D eigenvalue weighted by atomic mass is 15.2. The number of anilines is 1. The average Bonchev–Trinajstić information content (AvgIpc) is 2.21. The second kappa shape index (κ2) is 3.52. The summed E-state index contributed by atoms with van der Waals surface area (Å²) in [5, 5.41) is 0. The molecule has 63 valence electrons. The van der Waals surface area contributed by atoms with Crippen LogP contribution in [0.15, 0.2) is 12.3 Å². The molecule has 0 aromatic carbocycles. The fourth-order valence-electron chi connectivity index (χ4n) is 1.51. The first kappa shape index (κ1) is 7.53. The van der Waals surface area contributed by atoms with Crippen molar-refractivity contribution in [1.29, 1.82) is 0 Å². The van der Waals surface area contributed by atoms with Crippen molar-refractivity contribution in [3.05, 3.63) is 18.5 Å². The van der Waals surface area contributed by atoms with Crippen molar-refractivity contribution in [3.8, 4) is 0 Å². The molecule has 0 saturated carbocycles. The van der Waals surface area contributed by atoms with E-state index in [9.17, 15) is 0 Å². The summed E-state index contributed by atoms with van der Waals surface area (Å²) >= 11 is 0. The van der Waals surface area contributed by atoms with Crippen LogP contribution < -0.4 is 4.90 Å². The first-order valence-electron chi connectivity index (χ1n) is 4.41. The zero-order valence-electron chi connectivity index (χ0n) is 7.03. The van der Waals surface area contributed by atoms with Gasteiger partial charge < -0.3 is 4.90 Å². The molecule has 1 aliphatic rings. The number of hydrogen-bond acceptors (Lipinski definition) is 3. The van der Waals surface area contributed by atoms with Gasteiger partial charge in [-0.15, -0.1) is 0 Å². The summed E-state index contributed by atoms with van der Waals surface area (Å²) in [7, 11) is 0. The number of rotatable bonds is 1. The van der Waals surface area contributed by atoms with Crippen LogP contribution in [0.5, 0.6) is 0 Å². The van der Waals surface area contributed by atoms with Crippen molar-refractivity contribution < 1.29 is 0 Å². The summed E-state index contributed by atoms with van der Waals surface area (Å²) in [6.07, 6.45) is 8.42. The standard InChI is InChI=1S/C9H12N3/c1-2-7-12(8-3-1)9-10-5-4-6-11-9/h4-5H,1-3,7-8H2. The summed E-state index contributed by atoms with van der Waals surface area (Å²) in [6.45, 7) is 2.19. The van der Waals surface area contributed by atoms with Gasteiger partial charge in [0, 0.05) is 19.3 Å². The molecule has 1 fully saturated rings. The summed E-state index contributed by atoms with van der Waals surface area (Å²) < 4.78 is 0. The Morgan fingerprint density at radius 2 is 2.08 bits per heavy atom. The van der Waals surface area contributed by atoms with Crippen molar-refractivity contribution in [1.82, 2.24) is 9.97 Å². The SMILES string of the molecule is [c]1ccnc(N2CCCCC2)n1. The van der Waals surface area contributed by atoms with E-state index in [0.717, 1.165) is 19.0 Å². The molecular weight excluding hydrogens is 150 g/mol. The van der Waals surface area contributed by atoms with Crippen LogP contribution in [0.25, 0.3) is 0 Å². The van der Waals surface area contributed by atoms with Gasteiger partial charge >= 0.3 is 0 Å². The molecule has 0 bridgehead atoms. The van der Waals surface area contributed by atoms with E-state index in [1.165, 1.54) is 19.3 Å². The van der Waals surface area contributed by atoms with Gasteiger partial charge in [0.1, 0.15) is 0 Å². The molecule has 0 aliphatic carbocycles. The van der Waals surface area contributed by atoms with Crippen LogP contribution in [-0.2, 0) is 0 Å². The Kier molecular flexibility index (Phi) is 2.21. The Morgan fingerprint density at radius 1 is 1.25 bits per heavy atom. The third-order valence-electron chi connectivity index (χ3n) is 2.14. The second-order valence-electron chi connectivity index (χ2n) is 3.03. The maximum atomic E-state index is 4.19. The van der Waals surface area contributed by atoms with Crippen molar-refractivity contribution in [3.63, 3.8) is 0 Å². The zero-order chi connectivity index (χ0) is 8.23. The molecule has 1 aliphatic heterocycles. The minimum atomic E-state index is 0.831. The van der Waals surface area contributed by atoms with Crippen molar-refractivity contribution in [2.45, 2.75) is 19.3 Å². The van der Waals surface area contributed by atoms with Crippen LogP contribution in [0.2, 0.25) is 0 Å². The first-order chi connectivity index (χ1) is 5.97. The lowest BCUT2D eigenvalue weighted by atomic mass is 10.1. The lowest BCUT2D eigenvalue weighted by molar-refractivity contribution is 0.568. The third-order valence-corrected chi connectivity index (χ3v) is 2.14. The van der Waals surface area contributed by atoms with Gasteiger partial charge in [0.2, 0.25) is 5.95 Å². The third kappa shape index (κ3) is 1.55. The van der Waals surface area contributed by atoms with E-state index >= 15 is 0 Å². The van der Waals surface area contributed by atoms with Crippen LogP contribution >= 0.6 is 0 Å². The summed E-state index contributed by atoms with van der Waals surface area (Å²) in [4.78, 5) is 10.5. The fraction of sp³-hybridized carbons (Fsp3) is 0.556. The highest BCUT2D eigenvalue weighted by molar-refractivity contribution is 5.28. The van der Waals surface area contributed by atoms with Gasteiger partial charge in [-0.3, -0.25) is 0 Å². The molecule has 2 rings (SSSR count). The largest absolute Gasteiger partial charge is 0.341 e. The number of nitrogens with zero attached hydrogens (tertiary/aromatic N) is 3. The minimum Gasteiger partial charge on any atom is -0.341 e. The molecule has 0 atom stereocenters.